The predicted molar refractivity (Wildman–Crippen MR) is 98.7 cm³/mol. The summed E-state index contributed by atoms with van der Waals surface area (Å²) in [5.74, 6) is -1.81. The lowest BCUT2D eigenvalue weighted by atomic mass is 10.0. The van der Waals surface area contributed by atoms with E-state index in [4.69, 9.17) is 0 Å². The van der Waals surface area contributed by atoms with Crippen molar-refractivity contribution in [2.75, 3.05) is 0 Å². The smallest absolute Gasteiger partial charge is 0.336 e. The van der Waals surface area contributed by atoms with E-state index in [2.05, 4.69) is 10.5 Å². The average Bonchev–Trinajstić information content (AvgIpc) is 2.65. The molecule has 26 heavy (non-hydrogen) atoms. The van der Waals surface area contributed by atoms with E-state index in [0.717, 1.165) is 10.8 Å². The molecule has 0 spiro atoms. The van der Waals surface area contributed by atoms with Gasteiger partial charge in [-0.25, -0.2) is 10.2 Å². The van der Waals surface area contributed by atoms with Crippen LogP contribution < -0.4 is 5.43 Å². The molecular weight excluding hydrogens is 332 g/mol. The molecule has 3 N–H and O–H groups in total. The Kier molecular flexibility index (Phi) is 4.66. The first-order valence-electron chi connectivity index (χ1n) is 7.86. The van der Waals surface area contributed by atoms with Gasteiger partial charge in [0.2, 0.25) is 0 Å². The molecule has 0 saturated heterocycles. The lowest BCUT2D eigenvalue weighted by Crippen LogP contribution is -2.20. The van der Waals surface area contributed by atoms with Crippen molar-refractivity contribution in [3.05, 3.63) is 77.4 Å². The van der Waals surface area contributed by atoms with Crippen LogP contribution in [0.15, 0.2) is 65.8 Å². The highest BCUT2D eigenvalue weighted by Gasteiger charge is 2.14. The molecule has 6 heteroatoms. The number of phenolic OH excluding ortho intramolecular Hbond substituents is 1. The molecule has 3 aromatic rings. The van der Waals surface area contributed by atoms with Gasteiger partial charge in [-0.15, -0.1) is 0 Å². The maximum atomic E-state index is 12.4. The highest BCUT2D eigenvalue weighted by Crippen LogP contribution is 2.24. The molecule has 0 heterocycles. The van der Waals surface area contributed by atoms with Gasteiger partial charge >= 0.3 is 5.97 Å². The van der Waals surface area contributed by atoms with Gasteiger partial charge in [-0.1, -0.05) is 42.5 Å². The molecule has 0 aliphatic rings. The third-order valence-electron chi connectivity index (χ3n) is 3.98. The molecule has 6 nitrogen and oxygen atoms in total. The quantitative estimate of drug-likeness (QED) is 0.497. The number of rotatable bonds is 4. The molecule has 3 rings (SSSR count). The SMILES string of the molecule is CC(=NNC(=O)c1cc2ccccc2cc1O)c1ccccc1C(=O)O. The van der Waals surface area contributed by atoms with Gasteiger partial charge in [0, 0.05) is 5.56 Å². The largest absolute Gasteiger partial charge is 0.507 e. The standard InChI is InChI=1S/C20H16N2O4/c1-12(15-8-4-5-9-16(15)20(25)26)21-22-19(24)17-10-13-6-2-3-7-14(13)11-18(17)23/h2-11,23H,1H3,(H,22,24)(H,25,26). The average molecular weight is 348 g/mol. The van der Waals surface area contributed by atoms with Crippen LogP contribution in [0.1, 0.15) is 33.2 Å². The van der Waals surface area contributed by atoms with Crippen molar-refractivity contribution in [2.24, 2.45) is 5.10 Å². The number of fused-ring (bicyclic) bond motifs is 1. The van der Waals surface area contributed by atoms with Crippen molar-refractivity contribution in [2.45, 2.75) is 6.92 Å². The number of aromatic carboxylic acids is 1. The molecule has 0 aromatic heterocycles. The van der Waals surface area contributed by atoms with E-state index in [1.165, 1.54) is 12.1 Å². The van der Waals surface area contributed by atoms with Gasteiger partial charge in [-0.2, -0.15) is 5.10 Å². The molecule has 130 valence electrons. The lowest BCUT2D eigenvalue weighted by molar-refractivity contribution is 0.0696. The van der Waals surface area contributed by atoms with Gasteiger partial charge in [0.05, 0.1) is 16.8 Å². The number of nitrogens with one attached hydrogen (secondary N) is 1. The molecule has 3 aromatic carbocycles. The number of hydrazone groups is 1. The highest BCUT2D eigenvalue weighted by molar-refractivity contribution is 6.08. The van der Waals surface area contributed by atoms with Crippen molar-refractivity contribution in [1.82, 2.24) is 5.43 Å². The number of hydrogen-bond donors (Lipinski definition) is 3. The maximum absolute atomic E-state index is 12.4. The van der Waals surface area contributed by atoms with Crippen LogP contribution >= 0.6 is 0 Å². The Hall–Kier alpha value is -3.67. The summed E-state index contributed by atoms with van der Waals surface area (Å²) in [7, 11) is 0. The van der Waals surface area contributed by atoms with Crippen LogP contribution in [0, 0.1) is 0 Å². The number of hydrogen-bond acceptors (Lipinski definition) is 4. The summed E-state index contributed by atoms with van der Waals surface area (Å²) < 4.78 is 0. The molecule has 0 unspecified atom stereocenters. The summed E-state index contributed by atoms with van der Waals surface area (Å²) in [6.45, 7) is 1.60. The summed E-state index contributed by atoms with van der Waals surface area (Å²) in [6, 6.07) is 16.8. The van der Waals surface area contributed by atoms with Gasteiger partial charge in [-0.05, 0) is 35.9 Å². The van der Waals surface area contributed by atoms with E-state index in [1.54, 1.807) is 31.2 Å². The number of nitrogens with zero attached hydrogens (tertiary/aromatic N) is 1. The molecule has 1 amide bonds. The molecule has 0 fully saturated rings. The van der Waals surface area contributed by atoms with E-state index in [9.17, 15) is 19.8 Å². The second-order valence-electron chi connectivity index (χ2n) is 5.71. The fourth-order valence-corrected chi connectivity index (χ4v) is 2.65. The van der Waals surface area contributed by atoms with Crippen LogP contribution in [0.4, 0.5) is 0 Å². The minimum Gasteiger partial charge on any atom is -0.507 e. The predicted octanol–water partition coefficient (Wildman–Crippen LogP) is 3.40. The zero-order valence-electron chi connectivity index (χ0n) is 13.9. The van der Waals surface area contributed by atoms with Crippen molar-refractivity contribution < 1.29 is 19.8 Å². The number of carbonyl (C=O) groups is 2. The minimum absolute atomic E-state index is 0.0896. The number of carboxylic acids is 1. The fraction of sp³-hybridized carbons (Fsp3) is 0.0500. The summed E-state index contributed by atoms with van der Waals surface area (Å²) in [5, 5.41) is 24.9. The van der Waals surface area contributed by atoms with E-state index >= 15 is 0 Å². The number of amides is 1. The normalized spacial score (nSPS) is 11.3. The number of benzene rings is 3. The van der Waals surface area contributed by atoms with E-state index in [0.29, 0.717) is 11.3 Å². The monoisotopic (exact) mass is 348 g/mol. The summed E-state index contributed by atoms with van der Waals surface area (Å²) in [5.41, 5.74) is 3.30. The molecule has 0 atom stereocenters. The number of carboxylic acid groups (broad SMARTS) is 1. The Labute approximate surface area is 149 Å². The van der Waals surface area contributed by atoms with Gasteiger partial charge in [0.15, 0.2) is 0 Å². The Morgan fingerprint density at radius 3 is 2.12 bits per heavy atom. The molecule has 0 aliphatic carbocycles. The van der Waals surface area contributed by atoms with Crippen molar-refractivity contribution in [1.29, 1.82) is 0 Å². The Morgan fingerprint density at radius 1 is 0.885 bits per heavy atom. The zero-order chi connectivity index (χ0) is 18.7. The highest BCUT2D eigenvalue weighted by atomic mass is 16.4. The fourth-order valence-electron chi connectivity index (χ4n) is 2.65. The topological polar surface area (TPSA) is 99.0 Å². The Bertz CT molecular complexity index is 1040. The van der Waals surface area contributed by atoms with E-state index < -0.39 is 11.9 Å². The second-order valence-corrected chi connectivity index (χ2v) is 5.71. The van der Waals surface area contributed by atoms with Crippen LogP contribution in [-0.4, -0.2) is 27.8 Å². The van der Waals surface area contributed by atoms with Gasteiger partial charge < -0.3 is 10.2 Å². The Morgan fingerprint density at radius 2 is 1.46 bits per heavy atom. The Balaban J connectivity index is 1.88. The summed E-state index contributed by atoms with van der Waals surface area (Å²) >= 11 is 0. The van der Waals surface area contributed by atoms with E-state index in [1.807, 2.05) is 24.3 Å². The van der Waals surface area contributed by atoms with Crippen molar-refractivity contribution in [3.8, 4) is 5.75 Å². The minimum atomic E-state index is -1.08. The molecule has 0 aliphatic heterocycles. The van der Waals surface area contributed by atoms with Crippen LogP contribution in [-0.2, 0) is 0 Å². The van der Waals surface area contributed by atoms with Crippen LogP contribution in [0.3, 0.4) is 0 Å². The first kappa shape index (κ1) is 17.2. The maximum Gasteiger partial charge on any atom is 0.336 e. The third-order valence-corrected chi connectivity index (χ3v) is 3.98. The van der Waals surface area contributed by atoms with Crippen LogP contribution in [0.2, 0.25) is 0 Å². The van der Waals surface area contributed by atoms with Gasteiger partial charge in [-0.3, -0.25) is 4.79 Å². The van der Waals surface area contributed by atoms with Gasteiger partial charge in [0.25, 0.3) is 5.91 Å². The zero-order valence-corrected chi connectivity index (χ0v) is 13.9. The first-order chi connectivity index (χ1) is 12.5. The summed E-state index contributed by atoms with van der Waals surface area (Å²) in [4.78, 5) is 23.6. The van der Waals surface area contributed by atoms with Crippen molar-refractivity contribution >= 4 is 28.4 Å². The lowest BCUT2D eigenvalue weighted by Gasteiger charge is -2.08. The van der Waals surface area contributed by atoms with Crippen LogP contribution in [0.25, 0.3) is 10.8 Å². The van der Waals surface area contributed by atoms with E-state index in [-0.39, 0.29) is 16.9 Å². The number of carbonyl (C=O) groups excluding carboxylic acids is 1. The van der Waals surface area contributed by atoms with Crippen LogP contribution in [0.5, 0.6) is 5.75 Å². The first-order valence-corrected chi connectivity index (χ1v) is 7.86. The molecular formula is C20H16N2O4. The second kappa shape index (κ2) is 7.06. The molecule has 0 saturated carbocycles. The van der Waals surface area contributed by atoms with Gasteiger partial charge in [0.1, 0.15) is 5.75 Å². The third kappa shape index (κ3) is 3.39. The molecule has 0 radical (unpaired) electrons. The number of phenols is 1. The molecule has 0 bridgehead atoms. The number of aromatic hydroxyl groups is 1. The van der Waals surface area contributed by atoms with Crippen molar-refractivity contribution in [3.63, 3.8) is 0 Å². The summed E-state index contributed by atoms with van der Waals surface area (Å²) in [6.07, 6.45) is 0.